The van der Waals surface area contributed by atoms with E-state index in [0.717, 1.165) is 23.9 Å². The molecule has 0 radical (unpaired) electrons. The molecule has 4 nitrogen and oxygen atoms in total. The molecule has 0 fully saturated rings. The van der Waals surface area contributed by atoms with Crippen molar-refractivity contribution >= 4 is 16.7 Å². The van der Waals surface area contributed by atoms with Gasteiger partial charge in [-0.1, -0.05) is 0 Å². The van der Waals surface area contributed by atoms with Gasteiger partial charge in [-0.3, -0.25) is 0 Å². The second kappa shape index (κ2) is 5.26. The van der Waals surface area contributed by atoms with Crippen molar-refractivity contribution in [3.8, 4) is 0 Å². The van der Waals surface area contributed by atoms with E-state index in [1.807, 2.05) is 0 Å². The molecule has 1 rings (SSSR count). The minimum absolute atomic E-state index is 0.421. The quantitative estimate of drug-likeness (QED) is 0.805. The number of hydrogen-bond acceptors (Lipinski definition) is 5. The molecular weight excluding hydrogens is 196 g/mol. The molecule has 0 bridgehead atoms. The molecule has 0 saturated heterocycles. The van der Waals surface area contributed by atoms with Gasteiger partial charge in [-0.15, -0.1) is 0 Å². The average Bonchev–Trinajstić information content (AvgIpc) is 2.47. The van der Waals surface area contributed by atoms with Crippen LogP contribution in [0.25, 0.3) is 0 Å². The summed E-state index contributed by atoms with van der Waals surface area (Å²) < 4.78 is 4.28. The van der Waals surface area contributed by atoms with Gasteiger partial charge in [0.25, 0.3) is 0 Å². The molecule has 1 N–H and O–H groups in total. The zero-order valence-electron chi connectivity index (χ0n) is 9.24. The Morgan fingerprint density at radius 1 is 1.43 bits per heavy atom. The van der Waals surface area contributed by atoms with Crippen LogP contribution in [0, 0.1) is 0 Å². The summed E-state index contributed by atoms with van der Waals surface area (Å²) in [7, 11) is 4.11. The fourth-order valence-corrected chi connectivity index (χ4v) is 1.74. The Balaban J connectivity index is 2.42. The largest absolute Gasteiger partial charge is 0.358 e. The van der Waals surface area contributed by atoms with Gasteiger partial charge in [0.2, 0.25) is 5.13 Å². The molecule has 0 spiro atoms. The molecule has 80 valence electrons. The van der Waals surface area contributed by atoms with Gasteiger partial charge in [0, 0.05) is 30.5 Å². The zero-order valence-corrected chi connectivity index (χ0v) is 10.1. The van der Waals surface area contributed by atoms with Gasteiger partial charge in [0.05, 0.1) is 0 Å². The summed E-state index contributed by atoms with van der Waals surface area (Å²) in [5.41, 5.74) is 0. The average molecular weight is 214 g/mol. The predicted molar refractivity (Wildman–Crippen MR) is 60.9 cm³/mol. The summed E-state index contributed by atoms with van der Waals surface area (Å²) in [6.45, 7) is 5.19. The highest BCUT2D eigenvalue weighted by molar-refractivity contribution is 7.09. The first kappa shape index (κ1) is 11.4. The number of nitrogens with zero attached hydrogens (tertiary/aromatic N) is 3. The van der Waals surface area contributed by atoms with Gasteiger partial charge in [0.1, 0.15) is 5.82 Å². The van der Waals surface area contributed by atoms with Crippen LogP contribution < -0.4 is 5.32 Å². The Hall–Kier alpha value is -0.680. The summed E-state index contributed by atoms with van der Waals surface area (Å²) in [5, 5.41) is 4.17. The third-order valence-electron chi connectivity index (χ3n) is 1.66. The Morgan fingerprint density at radius 3 is 2.71 bits per heavy atom. The minimum atomic E-state index is 0.421. The number of aromatic nitrogens is 2. The maximum Gasteiger partial charge on any atom is 0.202 e. The fraction of sp³-hybridized carbons (Fsp3) is 0.778. The van der Waals surface area contributed by atoms with E-state index in [-0.39, 0.29) is 0 Å². The Labute approximate surface area is 89.5 Å². The summed E-state index contributed by atoms with van der Waals surface area (Å²) in [4.78, 5) is 6.53. The highest BCUT2D eigenvalue weighted by Gasteiger charge is 2.04. The lowest BCUT2D eigenvalue weighted by Crippen LogP contribution is -2.15. The highest BCUT2D eigenvalue weighted by Crippen LogP contribution is 2.12. The van der Waals surface area contributed by atoms with E-state index >= 15 is 0 Å². The number of hydrogen-bond donors (Lipinski definition) is 1. The van der Waals surface area contributed by atoms with Crippen LogP contribution in [0.3, 0.4) is 0 Å². The van der Waals surface area contributed by atoms with Gasteiger partial charge >= 0.3 is 0 Å². The Morgan fingerprint density at radius 2 is 2.14 bits per heavy atom. The van der Waals surface area contributed by atoms with E-state index in [0.29, 0.717) is 6.04 Å². The molecule has 1 aromatic rings. The Bertz CT molecular complexity index is 270. The van der Waals surface area contributed by atoms with Gasteiger partial charge < -0.3 is 10.2 Å². The molecule has 0 amide bonds. The third-order valence-corrected chi connectivity index (χ3v) is 2.35. The van der Waals surface area contributed by atoms with Crippen LogP contribution in [0.5, 0.6) is 0 Å². The molecule has 1 aromatic heterocycles. The van der Waals surface area contributed by atoms with Crippen LogP contribution in [0.1, 0.15) is 19.7 Å². The fourth-order valence-electron chi connectivity index (χ4n) is 0.985. The molecule has 0 saturated carbocycles. The predicted octanol–water partition coefficient (Wildman–Crippen LogP) is 1.46. The van der Waals surface area contributed by atoms with Crippen LogP contribution >= 0.6 is 11.5 Å². The lowest BCUT2D eigenvalue weighted by Gasteiger charge is -2.06. The van der Waals surface area contributed by atoms with Crippen molar-refractivity contribution in [2.75, 3.05) is 26.0 Å². The first-order valence-electron chi connectivity index (χ1n) is 4.82. The van der Waals surface area contributed by atoms with Crippen molar-refractivity contribution in [3.05, 3.63) is 5.82 Å². The van der Waals surface area contributed by atoms with E-state index in [2.05, 4.69) is 47.5 Å². The zero-order chi connectivity index (χ0) is 10.6. The van der Waals surface area contributed by atoms with Crippen molar-refractivity contribution in [3.63, 3.8) is 0 Å². The molecular formula is C9H18N4S. The van der Waals surface area contributed by atoms with Crippen molar-refractivity contribution < 1.29 is 0 Å². The van der Waals surface area contributed by atoms with Crippen molar-refractivity contribution in [1.82, 2.24) is 14.3 Å². The first-order valence-corrected chi connectivity index (χ1v) is 5.59. The molecule has 0 unspecified atom stereocenters. The van der Waals surface area contributed by atoms with Gasteiger partial charge in [-0.2, -0.15) is 4.37 Å². The van der Waals surface area contributed by atoms with Gasteiger partial charge in [-0.25, -0.2) is 4.98 Å². The van der Waals surface area contributed by atoms with E-state index < -0.39 is 0 Å². The number of anilines is 1. The van der Waals surface area contributed by atoms with Crippen molar-refractivity contribution in [1.29, 1.82) is 0 Å². The number of nitrogens with one attached hydrogen (secondary N) is 1. The standard InChI is InChI=1S/C9H18N4S/c1-7(2)10-9-11-8(12-14-9)5-6-13(3)4/h7H,5-6H2,1-4H3,(H,10,11,12). The summed E-state index contributed by atoms with van der Waals surface area (Å²) in [6, 6.07) is 0.421. The maximum absolute atomic E-state index is 4.39. The molecule has 5 heteroatoms. The number of likely N-dealkylation sites (N-methyl/N-ethyl adjacent to an activating group) is 1. The van der Waals surface area contributed by atoms with E-state index in [1.165, 1.54) is 11.5 Å². The van der Waals surface area contributed by atoms with Crippen molar-refractivity contribution in [2.45, 2.75) is 26.3 Å². The Kier molecular flexibility index (Phi) is 4.28. The second-order valence-electron chi connectivity index (χ2n) is 3.87. The maximum atomic E-state index is 4.39. The van der Waals surface area contributed by atoms with Crippen LogP contribution in [0.15, 0.2) is 0 Å². The lowest BCUT2D eigenvalue weighted by atomic mass is 10.4. The molecule has 0 aliphatic heterocycles. The SMILES string of the molecule is CC(C)Nc1nc(CCN(C)C)ns1. The third kappa shape index (κ3) is 4.02. The summed E-state index contributed by atoms with van der Waals surface area (Å²) >= 11 is 1.44. The van der Waals surface area contributed by atoms with Gasteiger partial charge in [-0.05, 0) is 27.9 Å². The highest BCUT2D eigenvalue weighted by atomic mass is 32.1. The van der Waals surface area contributed by atoms with Gasteiger partial charge in [0.15, 0.2) is 0 Å². The molecule has 0 aliphatic carbocycles. The monoisotopic (exact) mass is 214 g/mol. The molecule has 14 heavy (non-hydrogen) atoms. The first-order chi connectivity index (χ1) is 6.58. The summed E-state index contributed by atoms with van der Waals surface area (Å²) in [5.74, 6) is 0.937. The topological polar surface area (TPSA) is 41.1 Å². The van der Waals surface area contributed by atoms with E-state index in [1.54, 1.807) is 0 Å². The van der Waals surface area contributed by atoms with Crippen LogP contribution in [-0.4, -0.2) is 40.9 Å². The molecule has 0 atom stereocenters. The lowest BCUT2D eigenvalue weighted by molar-refractivity contribution is 0.410. The molecule has 0 aromatic carbocycles. The smallest absolute Gasteiger partial charge is 0.202 e. The minimum Gasteiger partial charge on any atom is -0.358 e. The molecule has 1 heterocycles. The van der Waals surface area contributed by atoms with Crippen molar-refractivity contribution in [2.24, 2.45) is 0 Å². The number of rotatable bonds is 5. The van der Waals surface area contributed by atoms with E-state index in [9.17, 15) is 0 Å². The summed E-state index contributed by atoms with van der Waals surface area (Å²) in [6.07, 6.45) is 0.920. The normalized spacial score (nSPS) is 11.3. The van der Waals surface area contributed by atoms with Crippen LogP contribution in [0.4, 0.5) is 5.13 Å². The van der Waals surface area contributed by atoms with Crippen LogP contribution in [0.2, 0.25) is 0 Å². The molecule has 0 aliphatic rings. The van der Waals surface area contributed by atoms with E-state index in [4.69, 9.17) is 0 Å². The second-order valence-corrected chi connectivity index (χ2v) is 4.62. The van der Waals surface area contributed by atoms with Crippen LogP contribution in [-0.2, 0) is 6.42 Å².